The molecule has 0 fully saturated rings. The van der Waals surface area contributed by atoms with Gasteiger partial charge in [-0.25, -0.2) is 4.98 Å². The van der Waals surface area contributed by atoms with E-state index in [9.17, 15) is 10.1 Å². The van der Waals surface area contributed by atoms with Crippen LogP contribution in [0.1, 0.15) is 16.3 Å². The van der Waals surface area contributed by atoms with Crippen LogP contribution in [0.3, 0.4) is 0 Å². The number of nitro benzene ring substituents is 1. The van der Waals surface area contributed by atoms with E-state index in [1.165, 1.54) is 12.1 Å². The number of aromatic nitrogens is 1. The van der Waals surface area contributed by atoms with Crippen LogP contribution in [-0.4, -0.2) is 21.9 Å². The number of benzene rings is 1. The Balaban J connectivity index is 2.13. The number of non-ortho nitro benzene ring substituents is 1. The highest BCUT2D eigenvalue weighted by Crippen LogP contribution is 2.23. The van der Waals surface area contributed by atoms with Gasteiger partial charge in [0.1, 0.15) is 0 Å². The summed E-state index contributed by atoms with van der Waals surface area (Å²) in [4.78, 5) is 16.9. The molecule has 1 aromatic heterocycles. The first-order valence-electron chi connectivity index (χ1n) is 6.33. The number of aryl methyl sites for hydroxylation is 1. The van der Waals surface area contributed by atoms with Gasteiger partial charge in [0.15, 0.2) is 0 Å². The van der Waals surface area contributed by atoms with Crippen molar-refractivity contribution in [2.24, 2.45) is 5.84 Å². The summed E-state index contributed by atoms with van der Waals surface area (Å²) in [5.41, 5.74) is 5.08. The summed E-state index contributed by atoms with van der Waals surface area (Å²) in [5.74, 6) is 5.46. The summed E-state index contributed by atoms with van der Waals surface area (Å²) in [6, 6.07) is 4.59. The Bertz CT molecular complexity index is 643. The van der Waals surface area contributed by atoms with Gasteiger partial charge in [0.05, 0.1) is 21.3 Å². The summed E-state index contributed by atoms with van der Waals surface area (Å²) in [5, 5.41) is 13.9. The summed E-state index contributed by atoms with van der Waals surface area (Å²) >= 11 is 1.61. The molecule has 1 heterocycles. The number of thiazole rings is 1. The fraction of sp³-hybridized carbons (Fsp3) is 0.308. The Hall–Kier alpha value is -2.03. The molecule has 0 spiro atoms. The number of nitrogen functional groups attached to an aromatic ring is 1. The average molecular weight is 307 g/mol. The second-order valence-electron chi connectivity index (χ2n) is 4.77. The zero-order valence-corrected chi connectivity index (χ0v) is 12.7. The Morgan fingerprint density at radius 2 is 2.24 bits per heavy atom. The molecule has 1 aromatic carbocycles. The Morgan fingerprint density at radius 1 is 1.48 bits per heavy atom. The van der Waals surface area contributed by atoms with Crippen molar-refractivity contribution in [3.8, 4) is 0 Å². The Labute approximate surface area is 126 Å². The molecule has 0 aliphatic rings. The van der Waals surface area contributed by atoms with Gasteiger partial charge in [-0.2, -0.15) is 0 Å². The molecule has 0 saturated heterocycles. The lowest BCUT2D eigenvalue weighted by molar-refractivity contribution is -0.384. The number of nitro groups is 1. The largest absolute Gasteiger partial charge is 0.324 e. The number of anilines is 1. The second-order valence-corrected chi connectivity index (χ2v) is 5.84. The Morgan fingerprint density at radius 3 is 2.81 bits per heavy atom. The first kappa shape index (κ1) is 15.4. The smallest absolute Gasteiger partial charge is 0.269 e. The van der Waals surface area contributed by atoms with Crippen molar-refractivity contribution in [2.75, 3.05) is 12.5 Å². The van der Waals surface area contributed by atoms with E-state index in [0.29, 0.717) is 18.8 Å². The highest BCUT2D eigenvalue weighted by Gasteiger charge is 2.12. The molecule has 2 rings (SSSR count). The van der Waals surface area contributed by atoms with Crippen LogP contribution in [0.25, 0.3) is 0 Å². The number of hydrogen-bond donors (Lipinski definition) is 2. The normalized spacial score (nSPS) is 10.9. The van der Waals surface area contributed by atoms with Crippen LogP contribution in [0.15, 0.2) is 23.6 Å². The highest BCUT2D eigenvalue weighted by atomic mass is 32.1. The van der Waals surface area contributed by atoms with Crippen LogP contribution in [0.2, 0.25) is 0 Å². The predicted molar refractivity (Wildman–Crippen MR) is 82.9 cm³/mol. The van der Waals surface area contributed by atoms with Gasteiger partial charge in [-0.1, -0.05) is 0 Å². The molecule has 0 atom stereocenters. The van der Waals surface area contributed by atoms with Gasteiger partial charge >= 0.3 is 0 Å². The number of nitrogens with two attached hydrogens (primary N) is 1. The van der Waals surface area contributed by atoms with Gasteiger partial charge in [-0.3, -0.25) is 20.9 Å². The summed E-state index contributed by atoms with van der Waals surface area (Å²) in [7, 11) is 1.94. The number of rotatable bonds is 6. The molecule has 0 unspecified atom stereocenters. The van der Waals surface area contributed by atoms with Crippen LogP contribution in [0.5, 0.6) is 0 Å². The molecule has 112 valence electrons. The SMILES string of the molecule is Cc1nc(CN(C)Cc2cc([N+](=O)[O-])ccc2NN)cs1. The summed E-state index contributed by atoms with van der Waals surface area (Å²) in [6.45, 7) is 3.18. The minimum Gasteiger partial charge on any atom is -0.324 e. The van der Waals surface area contributed by atoms with Crippen LogP contribution in [0.4, 0.5) is 11.4 Å². The Kier molecular flexibility index (Phi) is 4.84. The number of hydrogen-bond acceptors (Lipinski definition) is 7. The molecular weight excluding hydrogens is 290 g/mol. The minimum atomic E-state index is -0.409. The van der Waals surface area contributed by atoms with Crippen LogP contribution in [-0.2, 0) is 13.1 Å². The maximum absolute atomic E-state index is 10.9. The quantitative estimate of drug-likeness (QED) is 0.483. The van der Waals surface area contributed by atoms with Crippen LogP contribution in [0, 0.1) is 17.0 Å². The van der Waals surface area contributed by atoms with E-state index in [2.05, 4.69) is 10.4 Å². The van der Waals surface area contributed by atoms with Crippen molar-refractivity contribution in [1.29, 1.82) is 0 Å². The third kappa shape index (κ3) is 3.97. The maximum atomic E-state index is 10.9. The molecule has 0 bridgehead atoms. The predicted octanol–water partition coefficient (Wildman–Crippen LogP) is 2.28. The number of nitrogens with zero attached hydrogens (tertiary/aromatic N) is 3. The topological polar surface area (TPSA) is 97.3 Å². The lowest BCUT2D eigenvalue weighted by Gasteiger charge is -2.17. The molecule has 7 nitrogen and oxygen atoms in total. The van der Waals surface area contributed by atoms with E-state index in [4.69, 9.17) is 5.84 Å². The zero-order valence-electron chi connectivity index (χ0n) is 11.9. The molecule has 0 radical (unpaired) electrons. The van der Waals surface area contributed by atoms with Crippen molar-refractivity contribution >= 4 is 22.7 Å². The molecule has 0 aliphatic heterocycles. The van der Waals surface area contributed by atoms with Crippen molar-refractivity contribution in [3.05, 3.63) is 50.0 Å². The molecule has 3 N–H and O–H groups in total. The summed E-state index contributed by atoms with van der Waals surface area (Å²) in [6.07, 6.45) is 0. The monoisotopic (exact) mass is 307 g/mol. The first-order valence-corrected chi connectivity index (χ1v) is 7.21. The van der Waals surface area contributed by atoms with Gasteiger partial charge in [0, 0.05) is 30.6 Å². The van der Waals surface area contributed by atoms with Gasteiger partial charge in [-0.05, 0) is 25.6 Å². The molecule has 21 heavy (non-hydrogen) atoms. The molecule has 0 saturated carbocycles. The molecule has 8 heteroatoms. The lowest BCUT2D eigenvalue weighted by Crippen LogP contribution is -2.19. The zero-order chi connectivity index (χ0) is 15.4. The fourth-order valence-electron chi connectivity index (χ4n) is 2.07. The van der Waals surface area contributed by atoms with E-state index in [1.807, 2.05) is 24.3 Å². The van der Waals surface area contributed by atoms with Gasteiger partial charge < -0.3 is 5.43 Å². The molecule has 2 aromatic rings. The molecular formula is C13H17N5O2S. The maximum Gasteiger partial charge on any atom is 0.269 e. The first-order chi connectivity index (χ1) is 9.99. The number of nitrogens with one attached hydrogen (secondary N) is 1. The second kappa shape index (κ2) is 6.61. The van der Waals surface area contributed by atoms with Gasteiger partial charge in [-0.15, -0.1) is 11.3 Å². The average Bonchev–Trinajstić information content (AvgIpc) is 2.83. The van der Waals surface area contributed by atoms with E-state index >= 15 is 0 Å². The standard InChI is InChI=1S/C13H17N5O2S/c1-9-15-11(8-21-9)7-17(2)6-10-5-12(18(19)20)3-4-13(10)16-14/h3-5,8,16H,6-7,14H2,1-2H3. The van der Waals surface area contributed by atoms with E-state index in [1.54, 1.807) is 17.4 Å². The van der Waals surface area contributed by atoms with Crippen LogP contribution < -0.4 is 11.3 Å². The lowest BCUT2D eigenvalue weighted by atomic mass is 10.1. The van der Waals surface area contributed by atoms with E-state index < -0.39 is 4.92 Å². The number of hydrazine groups is 1. The molecule has 0 amide bonds. The van der Waals surface area contributed by atoms with E-state index in [0.717, 1.165) is 16.3 Å². The third-order valence-corrected chi connectivity index (χ3v) is 3.82. The van der Waals surface area contributed by atoms with E-state index in [-0.39, 0.29) is 5.69 Å². The third-order valence-electron chi connectivity index (χ3n) is 2.99. The fourth-order valence-corrected chi connectivity index (χ4v) is 2.67. The van der Waals surface area contributed by atoms with Crippen LogP contribution >= 0.6 is 11.3 Å². The van der Waals surface area contributed by atoms with Gasteiger partial charge in [0.2, 0.25) is 0 Å². The molecule has 0 aliphatic carbocycles. The van der Waals surface area contributed by atoms with Crippen molar-refractivity contribution < 1.29 is 4.92 Å². The van der Waals surface area contributed by atoms with Crippen molar-refractivity contribution in [2.45, 2.75) is 20.0 Å². The minimum absolute atomic E-state index is 0.0573. The van der Waals surface area contributed by atoms with Crippen molar-refractivity contribution in [3.63, 3.8) is 0 Å². The highest BCUT2D eigenvalue weighted by molar-refractivity contribution is 7.09. The van der Waals surface area contributed by atoms with Gasteiger partial charge in [0.25, 0.3) is 5.69 Å². The van der Waals surface area contributed by atoms with Crippen molar-refractivity contribution in [1.82, 2.24) is 9.88 Å². The summed E-state index contributed by atoms with van der Waals surface area (Å²) < 4.78 is 0.